The molecule has 0 aliphatic heterocycles. The van der Waals surface area contributed by atoms with Crippen LogP contribution in [0.25, 0.3) is 0 Å². The van der Waals surface area contributed by atoms with Gasteiger partial charge in [-0.25, -0.2) is 0 Å². The second-order valence-electron chi connectivity index (χ2n) is 7.31. The predicted molar refractivity (Wildman–Crippen MR) is 87.5 cm³/mol. The molecule has 1 heteroatoms. The minimum absolute atomic E-state index is 0.176. The Bertz CT molecular complexity index is 634. The maximum Gasteiger partial charge on any atom is 0.0942 e. The van der Waals surface area contributed by atoms with Gasteiger partial charge < -0.3 is 5.11 Å². The first-order chi connectivity index (χ1) is 9.88. The molecule has 1 aliphatic carbocycles. The van der Waals surface area contributed by atoms with E-state index in [4.69, 9.17) is 0 Å². The van der Waals surface area contributed by atoms with Crippen molar-refractivity contribution in [3.8, 4) is 0 Å². The molecule has 2 aromatic carbocycles. The Balaban J connectivity index is 1.84. The Morgan fingerprint density at radius 3 is 2.33 bits per heavy atom. The number of fused-ring (bicyclic) bond motifs is 1. The second kappa shape index (κ2) is 4.99. The standard InChI is InChI=1S/C20H24O/c1-19(2,3)17-10-8-15(9-11-17)14-20(21)13-12-16-6-4-5-7-18(16)20/h4-11,21H,12-14H2,1-3H3. The first-order valence-corrected chi connectivity index (χ1v) is 7.79. The molecule has 2 aromatic rings. The molecular weight excluding hydrogens is 256 g/mol. The van der Waals surface area contributed by atoms with Gasteiger partial charge in [0.25, 0.3) is 0 Å². The van der Waals surface area contributed by atoms with Gasteiger partial charge in [-0.3, -0.25) is 0 Å². The van der Waals surface area contributed by atoms with Gasteiger partial charge in [0, 0.05) is 6.42 Å². The molecule has 1 N–H and O–H groups in total. The van der Waals surface area contributed by atoms with E-state index in [1.165, 1.54) is 16.7 Å². The van der Waals surface area contributed by atoms with Gasteiger partial charge in [-0.15, -0.1) is 0 Å². The summed E-state index contributed by atoms with van der Waals surface area (Å²) >= 11 is 0. The van der Waals surface area contributed by atoms with Crippen molar-refractivity contribution in [1.29, 1.82) is 0 Å². The lowest BCUT2D eigenvalue weighted by atomic mass is 9.84. The summed E-state index contributed by atoms with van der Waals surface area (Å²) < 4.78 is 0. The molecule has 0 radical (unpaired) electrons. The van der Waals surface area contributed by atoms with E-state index in [1.807, 2.05) is 6.07 Å². The molecule has 1 atom stereocenters. The monoisotopic (exact) mass is 280 g/mol. The Morgan fingerprint density at radius 1 is 1.00 bits per heavy atom. The summed E-state index contributed by atoms with van der Waals surface area (Å²) in [7, 11) is 0. The van der Waals surface area contributed by atoms with Crippen LogP contribution in [-0.2, 0) is 23.9 Å². The molecule has 0 aromatic heterocycles. The van der Waals surface area contributed by atoms with Crippen molar-refractivity contribution in [3.05, 3.63) is 70.8 Å². The van der Waals surface area contributed by atoms with Crippen LogP contribution in [0.4, 0.5) is 0 Å². The highest BCUT2D eigenvalue weighted by molar-refractivity contribution is 5.39. The maximum absolute atomic E-state index is 11.0. The molecule has 0 saturated carbocycles. The number of aryl methyl sites for hydroxylation is 1. The third-order valence-corrected chi connectivity index (χ3v) is 4.64. The van der Waals surface area contributed by atoms with Gasteiger partial charge in [0.15, 0.2) is 0 Å². The van der Waals surface area contributed by atoms with E-state index in [1.54, 1.807) is 0 Å². The number of benzene rings is 2. The molecule has 0 amide bonds. The first-order valence-electron chi connectivity index (χ1n) is 7.79. The molecule has 110 valence electrons. The molecular formula is C20H24O. The second-order valence-corrected chi connectivity index (χ2v) is 7.31. The molecule has 1 unspecified atom stereocenters. The van der Waals surface area contributed by atoms with Crippen LogP contribution in [-0.4, -0.2) is 5.11 Å². The average Bonchev–Trinajstić information content (AvgIpc) is 2.77. The Labute approximate surface area is 127 Å². The lowest BCUT2D eigenvalue weighted by Crippen LogP contribution is -2.25. The summed E-state index contributed by atoms with van der Waals surface area (Å²) in [5, 5.41) is 11.0. The number of aliphatic hydroxyl groups is 1. The first kappa shape index (κ1) is 14.3. The van der Waals surface area contributed by atoms with Gasteiger partial charge in [-0.2, -0.15) is 0 Å². The molecule has 3 rings (SSSR count). The summed E-state index contributed by atoms with van der Waals surface area (Å²) in [6.07, 6.45) is 2.51. The maximum atomic E-state index is 11.0. The van der Waals surface area contributed by atoms with Crippen LogP contribution in [0.3, 0.4) is 0 Å². The molecule has 1 nitrogen and oxygen atoms in total. The lowest BCUT2D eigenvalue weighted by molar-refractivity contribution is 0.0389. The van der Waals surface area contributed by atoms with Crippen LogP contribution in [0.2, 0.25) is 0 Å². The predicted octanol–water partition coefficient (Wildman–Crippen LogP) is 4.36. The lowest BCUT2D eigenvalue weighted by Gasteiger charge is -2.25. The smallest absolute Gasteiger partial charge is 0.0942 e. The Morgan fingerprint density at radius 2 is 1.67 bits per heavy atom. The largest absolute Gasteiger partial charge is 0.385 e. The third kappa shape index (κ3) is 2.75. The zero-order chi connectivity index (χ0) is 15.1. The number of rotatable bonds is 2. The molecule has 21 heavy (non-hydrogen) atoms. The van der Waals surface area contributed by atoms with Gasteiger partial charge in [0.1, 0.15) is 0 Å². The molecule has 1 aliphatic rings. The van der Waals surface area contributed by atoms with Crippen LogP contribution in [0.15, 0.2) is 48.5 Å². The van der Waals surface area contributed by atoms with E-state index < -0.39 is 5.60 Å². The fourth-order valence-electron chi connectivity index (χ4n) is 3.31. The van der Waals surface area contributed by atoms with E-state index in [-0.39, 0.29) is 5.41 Å². The van der Waals surface area contributed by atoms with E-state index in [0.29, 0.717) is 6.42 Å². The van der Waals surface area contributed by atoms with E-state index >= 15 is 0 Å². The van der Waals surface area contributed by atoms with Crippen LogP contribution < -0.4 is 0 Å². The molecule has 0 saturated heterocycles. The van der Waals surface area contributed by atoms with Gasteiger partial charge in [-0.05, 0) is 40.5 Å². The van der Waals surface area contributed by atoms with Crippen LogP contribution in [0, 0.1) is 0 Å². The zero-order valence-electron chi connectivity index (χ0n) is 13.2. The fourth-order valence-corrected chi connectivity index (χ4v) is 3.31. The fraction of sp³-hybridized carbons (Fsp3) is 0.400. The van der Waals surface area contributed by atoms with E-state index in [0.717, 1.165) is 18.4 Å². The minimum atomic E-state index is -0.695. The van der Waals surface area contributed by atoms with E-state index in [9.17, 15) is 5.11 Å². The highest BCUT2D eigenvalue weighted by Gasteiger charge is 2.36. The van der Waals surface area contributed by atoms with Gasteiger partial charge in [0.05, 0.1) is 5.60 Å². The summed E-state index contributed by atoms with van der Waals surface area (Å²) in [5.41, 5.74) is 4.44. The molecule has 0 bridgehead atoms. The Hall–Kier alpha value is -1.60. The average molecular weight is 280 g/mol. The van der Waals surface area contributed by atoms with Gasteiger partial charge in [-0.1, -0.05) is 69.3 Å². The van der Waals surface area contributed by atoms with Crippen LogP contribution >= 0.6 is 0 Å². The topological polar surface area (TPSA) is 20.2 Å². The van der Waals surface area contributed by atoms with Crippen molar-refractivity contribution in [2.75, 3.05) is 0 Å². The quantitative estimate of drug-likeness (QED) is 0.866. The van der Waals surface area contributed by atoms with Crippen molar-refractivity contribution >= 4 is 0 Å². The van der Waals surface area contributed by atoms with E-state index in [2.05, 4.69) is 63.2 Å². The minimum Gasteiger partial charge on any atom is -0.385 e. The number of hydrogen-bond acceptors (Lipinski definition) is 1. The van der Waals surface area contributed by atoms with Crippen molar-refractivity contribution in [3.63, 3.8) is 0 Å². The summed E-state index contributed by atoms with van der Waals surface area (Å²) in [5.74, 6) is 0. The zero-order valence-corrected chi connectivity index (χ0v) is 13.2. The van der Waals surface area contributed by atoms with Crippen LogP contribution in [0.5, 0.6) is 0 Å². The Kier molecular flexibility index (Phi) is 3.41. The SMILES string of the molecule is CC(C)(C)c1ccc(CC2(O)CCc3ccccc32)cc1. The highest BCUT2D eigenvalue weighted by atomic mass is 16.3. The summed E-state index contributed by atoms with van der Waals surface area (Å²) in [6, 6.07) is 17.0. The van der Waals surface area contributed by atoms with Crippen molar-refractivity contribution in [1.82, 2.24) is 0 Å². The summed E-state index contributed by atoms with van der Waals surface area (Å²) in [4.78, 5) is 0. The molecule has 0 fully saturated rings. The normalized spacial score (nSPS) is 21.3. The van der Waals surface area contributed by atoms with Crippen molar-refractivity contribution < 1.29 is 5.11 Å². The highest BCUT2D eigenvalue weighted by Crippen LogP contribution is 2.39. The van der Waals surface area contributed by atoms with Crippen LogP contribution in [0.1, 0.15) is 49.4 Å². The number of hydrogen-bond donors (Lipinski definition) is 1. The van der Waals surface area contributed by atoms with Crippen molar-refractivity contribution in [2.24, 2.45) is 0 Å². The van der Waals surface area contributed by atoms with Gasteiger partial charge in [0.2, 0.25) is 0 Å². The third-order valence-electron chi connectivity index (χ3n) is 4.64. The summed E-state index contributed by atoms with van der Waals surface area (Å²) in [6.45, 7) is 6.67. The van der Waals surface area contributed by atoms with Gasteiger partial charge >= 0.3 is 0 Å². The molecule has 0 heterocycles. The van der Waals surface area contributed by atoms with Crippen molar-refractivity contribution in [2.45, 2.75) is 51.0 Å². The molecule has 0 spiro atoms.